The predicted octanol–water partition coefficient (Wildman–Crippen LogP) is 3.08. The van der Waals surface area contributed by atoms with E-state index < -0.39 is 11.6 Å². The van der Waals surface area contributed by atoms with E-state index in [0.717, 1.165) is 18.5 Å². The summed E-state index contributed by atoms with van der Waals surface area (Å²) in [5.74, 6) is -0.337. The summed E-state index contributed by atoms with van der Waals surface area (Å²) in [6, 6.07) is 6.26. The maximum absolute atomic E-state index is 13.4. The van der Waals surface area contributed by atoms with Crippen LogP contribution in [0.25, 0.3) is 0 Å². The van der Waals surface area contributed by atoms with E-state index in [0.29, 0.717) is 6.54 Å². The Balaban J connectivity index is 1.87. The fraction of sp³-hybridized carbons (Fsp3) is 0.562. The minimum Gasteiger partial charge on any atom is -0.273 e. The fourth-order valence-corrected chi connectivity index (χ4v) is 3.67. The maximum atomic E-state index is 13.4. The number of rotatable bonds is 3. The molecule has 21 heavy (non-hydrogen) atoms. The lowest BCUT2D eigenvalue weighted by Crippen LogP contribution is -2.36. The average molecular weight is 294 g/mol. The van der Waals surface area contributed by atoms with Crippen molar-refractivity contribution in [3.05, 3.63) is 35.6 Å². The summed E-state index contributed by atoms with van der Waals surface area (Å²) >= 11 is 0. The van der Waals surface area contributed by atoms with Gasteiger partial charge in [-0.15, -0.1) is 0 Å². The van der Waals surface area contributed by atoms with Crippen LogP contribution in [0.4, 0.5) is 8.78 Å². The van der Waals surface area contributed by atoms with Crippen molar-refractivity contribution in [1.82, 2.24) is 10.0 Å². The van der Waals surface area contributed by atoms with E-state index >= 15 is 0 Å². The van der Waals surface area contributed by atoms with Crippen LogP contribution in [-0.2, 0) is 4.79 Å². The zero-order valence-corrected chi connectivity index (χ0v) is 12.4. The Bertz CT molecular complexity index is 563. The molecule has 0 spiro atoms. The molecule has 0 radical (unpaired) electrons. The highest BCUT2D eigenvalue weighted by Crippen LogP contribution is 2.44. The molecule has 114 valence electrons. The number of hydrazine groups is 1. The number of amides is 1. The minimum atomic E-state index is -1.01. The van der Waals surface area contributed by atoms with Gasteiger partial charge >= 0.3 is 0 Å². The molecule has 0 bridgehead atoms. The van der Waals surface area contributed by atoms with Gasteiger partial charge in [0.1, 0.15) is 5.82 Å². The minimum absolute atomic E-state index is 0.0428. The second-order valence-electron chi connectivity index (χ2n) is 6.44. The number of carbonyl (C=O) groups is 1. The van der Waals surface area contributed by atoms with E-state index in [2.05, 4.69) is 0 Å². The lowest BCUT2D eigenvalue weighted by atomic mass is 9.84. The number of fused-ring (bicyclic) bond motifs is 1. The van der Waals surface area contributed by atoms with Gasteiger partial charge in [0, 0.05) is 13.1 Å². The van der Waals surface area contributed by atoms with Crippen LogP contribution in [-0.4, -0.2) is 35.2 Å². The Hall–Kier alpha value is -1.49. The first-order chi connectivity index (χ1) is 9.90. The smallest absolute Gasteiger partial charge is 0.244 e. The summed E-state index contributed by atoms with van der Waals surface area (Å²) in [6.07, 6.45) is 0.0123. The van der Waals surface area contributed by atoms with E-state index in [1.165, 1.54) is 19.1 Å². The predicted molar refractivity (Wildman–Crippen MR) is 75.5 cm³/mol. The summed E-state index contributed by atoms with van der Waals surface area (Å²) in [5, 5.41) is 3.71. The Morgan fingerprint density at radius 3 is 2.90 bits per heavy atom. The largest absolute Gasteiger partial charge is 0.273 e. The van der Waals surface area contributed by atoms with Crippen molar-refractivity contribution in [2.45, 2.75) is 38.9 Å². The molecule has 3 atom stereocenters. The molecule has 1 aromatic rings. The SMILES string of the molecule is CC(F)C[C@@]1(C)CN2CC[C@H](c3cccc(F)c3)N2C1=O. The maximum Gasteiger partial charge on any atom is 0.244 e. The number of hydrogen-bond donors (Lipinski definition) is 0. The molecule has 1 amide bonds. The van der Waals surface area contributed by atoms with Crippen LogP contribution < -0.4 is 0 Å². The van der Waals surface area contributed by atoms with E-state index in [4.69, 9.17) is 0 Å². The zero-order valence-electron chi connectivity index (χ0n) is 12.4. The standard InChI is InChI=1S/C16H20F2N2O/c1-11(17)9-16(2)10-19-7-6-14(20(19)15(16)21)12-4-3-5-13(18)8-12/h3-5,8,11,14H,6-7,9-10H2,1-2H3/t11?,14-,16+/m1/s1. The monoisotopic (exact) mass is 294 g/mol. The van der Waals surface area contributed by atoms with Crippen LogP contribution in [0, 0.1) is 11.2 Å². The first-order valence-electron chi connectivity index (χ1n) is 7.39. The summed E-state index contributed by atoms with van der Waals surface area (Å²) in [4.78, 5) is 12.7. The van der Waals surface area contributed by atoms with Gasteiger partial charge in [-0.1, -0.05) is 12.1 Å². The van der Waals surface area contributed by atoms with E-state index in [1.807, 2.05) is 18.0 Å². The molecule has 0 saturated carbocycles. The van der Waals surface area contributed by atoms with Crippen molar-refractivity contribution in [3.8, 4) is 0 Å². The van der Waals surface area contributed by atoms with Gasteiger partial charge in [0.2, 0.25) is 5.91 Å². The zero-order chi connectivity index (χ0) is 15.2. The van der Waals surface area contributed by atoms with Gasteiger partial charge < -0.3 is 0 Å². The molecular formula is C16H20F2N2O. The van der Waals surface area contributed by atoms with Crippen LogP contribution in [0.5, 0.6) is 0 Å². The molecule has 1 unspecified atom stereocenters. The summed E-state index contributed by atoms with van der Waals surface area (Å²) in [5.41, 5.74) is 0.128. The van der Waals surface area contributed by atoms with Gasteiger partial charge in [0.05, 0.1) is 17.6 Å². The Morgan fingerprint density at radius 1 is 1.48 bits per heavy atom. The molecule has 0 N–H and O–H groups in total. The molecule has 2 aliphatic rings. The normalized spacial score (nSPS) is 30.8. The summed E-state index contributed by atoms with van der Waals surface area (Å²) in [6.45, 7) is 4.61. The Kier molecular flexibility index (Phi) is 3.48. The van der Waals surface area contributed by atoms with Crippen molar-refractivity contribution in [1.29, 1.82) is 0 Å². The molecule has 2 aliphatic heterocycles. The number of hydrogen-bond acceptors (Lipinski definition) is 2. The molecule has 3 rings (SSSR count). The highest BCUT2D eigenvalue weighted by atomic mass is 19.1. The average Bonchev–Trinajstić information content (AvgIpc) is 2.89. The molecule has 5 heteroatoms. The number of alkyl halides is 1. The molecule has 2 fully saturated rings. The second-order valence-corrected chi connectivity index (χ2v) is 6.44. The van der Waals surface area contributed by atoms with Crippen LogP contribution in [0.15, 0.2) is 24.3 Å². The van der Waals surface area contributed by atoms with E-state index in [1.54, 1.807) is 11.1 Å². The third kappa shape index (κ3) is 2.44. The van der Waals surface area contributed by atoms with Crippen molar-refractivity contribution in [2.75, 3.05) is 13.1 Å². The highest BCUT2D eigenvalue weighted by Gasteiger charge is 2.53. The molecule has 1 aromatic carbocycles. The molecule has 3 nitrogen and oxygen atoms in total. The summed E-state index contributed by atoms with van der Waals surface area (Å²) in [7, 11) is 0. The Labute approximate surface area is 123 Å². The summed E-state index contributed by atoms with van der Waals surface area (Å²) < 4.78 is 26.8. The molecule has 0 aliphatic carbocycles. The lowest BCUT2D eigenvalue weighted by Gasteiger charge is -2.27. The van der Waals surface area contributed by atoms with Gasteiger partial charge in [-0.25, -0.2) is 13.8 Å². The van der Waals surface area contributed by atoms with Gasteiger partial charge in [-0.2, -0.15) is 0 Å². The topological polar surface area (TPSA) is 23.6 Å². The second kappa shape index (κ2) is 5.05. The number of carbonyl (C=O) groups excluding carboxylic acids is 1. The van der Waals surface area contributed by atoms with Gasteiger partial charge in [0.25, 0.3) is 0 Å². The molecule has 2 saturated heterocycles. The van der Waals surface area contributed by atoms with Crippen molar-refractivity contribution >= 4 is 5.91 Å². The number of halogens is 2. The fourth-order valence-electron chi connectivity index (χ4n) is 3.67. The highest BCUT2D eigenvalue weighted by molar-refractivity contribution is 5.85. The first-order valence-corrected chi connectivity index (χ1v) is 7.39. The molecule has 0 aromatic heterocycles. The van der Waals surface area contributed by atoms with Crippen LogP contribution in [0.2, 0.25) is 0 Å². The Morgan fingerprint density at radius 2 is 2.24 bits per heavy atom. The lowest BCUT2D eigenvalue weighted by molar-refractivity contribution is -0.143. The van der Waals surface area contributed by atoms with Gasteiger partial charge in [-0.3, -0.25) is 9.80 Å². The van der Waals surface area contributed by atoms with E-state index in [-0.39, 0.29) is 24.2 Å². The van der Waals surface area contributed by atoms with Crippen LogP contribution in [0.1, 0.15) is 38.3 Å². The molecule has 2 heterocycles. The number of nitrogens with zero attached hydrogens (tertiary/aromatic N) is 2. The quantitative estimate of drug-likeness (QED) is 0.855. The van der Waals surface area contributed by atoms with E-state index in [9.17, 15) is 13.6 Å². The van der Waals surface area contributed by atoms with Crippen LogP contribution >= 0.6 is 0 Å². The van der Waals surface area contributed by atoms with Crippen LogP contribution in [0.3, 0.4) is 0 Å². The van der Waals surface area contributed by atoms with Gasteiger partial charge in [0.15, 0.2) is 0 Å². The third-order valence-electron chi connectivity index (χ3n) is 4.48. The van der Waals surface area contributed by atoms with Crippen molar-refractivity contribution in [3.63, 3.8) is 0 Å². The first kappa shape index (κ1) is 14.4. The molecular weight excluding hydrogens is 274 g/mol. The van der Waals surface area contributed by atoms with Crippen molar-refractivity contribution < 1.29 is 13.6 Å². The van der Waals surface area contributed by atoms with Gasteiger partial charge in [-0.05, 0) is 44.4 Å². The van der Waals surface area contributed by atoms with Crippen molar-refractivity contribution in [2.24, 2.45) is 5.41 Å². The number of benzene rings is 1. The third-order valence-corrected chi connectivity index (χ3v) is 4.48.